The van der Waals surface area contributed by atoms with Gasteiger partial charge in [-0.25, -0.2) is 9.78 Å². The molecular formula is C24H25ClN2O3S. The molecule has 5 nitrogen and oxygen atoms in total. The predicted molar refractivity (Wildman–Crippen MR) is 125 cm³/mol. The number of rotatable bonds is 6. The van der Waals surface area contributed by atoms with E-state index in [1.54, 1.807) is 17.4 Å². The molecule has 0 radical (unpaired) electrons. The molecule has 0 amide bonds. The second-order valence-electron chi connectivity index (χ2n) is 7.60. The number of anilines is 1. The van der Waals surface area contributed by atoms with E-state index in [1.165, 1.54) is 7.11 Å². The van der Waals surface area contributed by atoms with E-state index in [1.807, 2.05) is 49.4 Å². The highest BCUT2D eigenvalue weighted by molar-refractivity contribution is 7.15. The molecule has 3 aromatic rings. The Bertz CT molecular complexity index is 1050. The largest absolute Gasteiger partial charge is 0.465 e. The molecule has 4 rings (SSSR count). The van der Waals surface area contributed by atoms with Gasteiger partial charge in [0.15, 0.2) is 0 Å². The standard InChI is InChI=1S/C24H25ClN2O3S/c1-16-22(31-23(26-16)17-8-10-19(25)11-9-17)15-30-21-7-4-12-27(14-21)20-6-3-5-18(13-20)24(28)29-2/h3,5-6,8-11,13,21H,4,7,12,14-15H2,1-2H3. The van der Waals surface area contributed by atoms with E-state index < -0.39 is 0 Å². The fourth-order valence-electron chi connectivity index (χ4n) is 3.73. The average Bonchev–Trinajstić information content (AvgIpc) is 3.18. The van der Waals surface area contributed by atoms with Gasteiger partial charge in [-0.15, -0.1) is 11.3 Å². The lowest BCUT2D eigenvalue weighted by Crippen LogP contribution is -2.39. The number of benzene rings is 2. The monoisotopic (exact) mass is 456 g/mol. The van der Waals surface area contributed by atoms with Gasteiger partial charge in [-0.3, -0.25) is 0 Å². The molecule has 0 saturated carbocycles. The van der Waals surface area contributed by atoms with E-state index >= 15 is 0 Å². The quantitative estimate of drug-likeness (QED) is 0.442. The summed E-state index contributed by atoms with van der Waals surface area (Å²) in [6.45, 7) is 4.33. The minimum Gasteiger partial charge on any atom is -0.465 e. The maximum absolute atomic E-state index is 11.8. The summed E-state index contributed by atoms with van der Waals surface area (Å²) in [5.74, 6) is -0.316. The lowest BCUT2D eigenvalue weighted by atomic mass is 10.1. The number of hydrogen-bond acceptors (Lipinski definition) is 6. The van der Waals surface area contributed by atoms with Crippen LogP contribution in [0.2, 0.25) is 5.02 Å². The first-order valence-electron chi connectivity index (χ1n) is 10.3. The van der Waals surface area contributed by atoms with Gasteiger partial charge in [0.1, 0.15) is 5.01 Å². The Balaban J connectivity index is 1.39. The van der Waals surface area contributed by atoms with E-state index in [2.05, 4.69) is 4.90 Å². The summed E-state index contributed by atoms with van der Waals surface area (Å²) in [6, 6.07) is 15.3. The van der Waals surface area contributed by atoms with Gasteiger partial charge in [0, 0.05) is 29.4 Å². The van der Waals surface area contributed by atoms with Crippen LogP contribution in [0.5, 0.6) is 0 Å². The fourth-order valence-corrected chi connectivity index (χ4v) is 4.84. The van der Waals surface area contributed by atoms with E-state index in [4.69, 9.17) is 26.1 Å². The fraction of sp³-hybridized carbons (Fsp3) is 0.333. The molecule has 2 heterocycles. The maximum atomic E-state index is 11.8. The summed E-state index contributed by atoms with van der Waals surface area (Å²) in [6.07, 6.45) is 2.20. The van der Waals surface area contributed by atoms with Crippen LogP contribution in [-0.2, 0) is 16.1 Å². The van der Waals surface area contributed by atoms with Gasteiger partial charge >= 0.3 is 5.97 Å². The van der Waals surface area contributed by atoms with Gasteiger partial charge in [0.05, 0.1) is 36.0 Å². The van der Waals surface area contributed by atoms with Crippen molar-refractivity contribution in [2.24, 2.45) is 0 Å². The van der Waals surface area contributed by atoms with Crippen LogP contribution < -0.4 is 4.90 Å². The predicted octanol–water partition coefficient (Wildman–Crippen LogP) is 5.74. The third-order valence-electron chi connectivity index (χ3n) is 5.44. The molecule has 1 fully saturated rings. The SMILES string of the molecule is COC(=O)c1cccc(N2CCCC(OCc3sc(-c4ccc(Cl)cc4)nc3C)C2)c1. The number of carbonyl (C=O) groups excluding carboxylic acids is 1. The van der Waals surface area contributed by atoms with E-state index in [-0.39, 0.29) is 12.1 Å². The van der Waals surface area contributed by atoms with Gasteiger partial charge in [0.2, 0.25) is 0 Å². The molecule has 0 bridgehead atoms. The highest BCUT2D eigenvalue weighted by Crippen LogP contribution is 2.30. The van der Waals surface area contributed by atoms with Crippen molar-refractivity contribution in [3.63, 3.8) is 0 Å². The summed E-state index contributed by atoms with van der Waals surface area (Å²) in [5, 5.41) is 1.71. The van der Waals surface area contributed by atoms with Crippen molar-refractivity contribution in [2.45, 2.75) is 32.5 Å². The van der Waals surface area contributed by atoms with Crippen LogP contribution in [0.25, 0.3) is 10.6 Å². The second-order valence-corrected chi connectivity index (χ2v) is 9.12. The highest BCUT2D eigenvalue weighted by Gasteiger charge is 2.22. The molecule has 1 unspecified atom stereocenters. The maximum Gasteiger partial charge on any atom is 0.337 e. The van der Waals surface area contributed by atoms with Crippen LogP contribution in [0.4, 0.5) is 5.69 Å². The van der Waals surface area contributed by atoms with Crippen molar-refractivity contribution in [3.05, 3.63) is 69.7 Å². The van der Waals surface area contributed by atoms with Crippen molar-refractivity contribution in [1.82, 2.24) is 4.98 Å². The minimum atomic E-state index is -0.316. The Morgan fingerprint density at radius 2 is 2.06 bits per heavy atom. The number of ether oxygens (including phenoxy) is 2. The van der Waals surface area contributed by atoms with Crippen LogP contribution in [0.15, 0.2) is 48.5 Å². The number of piperidine rings is 1. The molecule has 1 aromatic heterocycles. The molecule has 0 aliphatic carbocycles. The number of esters is 1. The average molecular weight is 457 g/mol. The zero-order chi connectivity index (χ0) is 21.8. The van der Waals surface area contributed by atoms with E-state index in [0.29, 0.717) is 12.2 Å². The Kier molecular flexibility index (Phi) is 6.90. The number of methoxy groups -OCH3 is 1. The van der Waals surface area contributed by atoms with Gasteiger partial charge in [-0.2, -0.15) is 0 Å². The summed E-state index contributed by atoms with van der Waals surface area (Å²) in [7, 11) is 1.40. The van der Waals surface area contributed by atoms with Crippen LogP contribution in [0.1, 0.15) is 33.8 Å². The van der Waals surface area contributed by atoms with Crippen LogP contribution in [0, 0.1) is 6.92 Å². The molecule has 0 spiro atoms. The third kappa shape index (κ3) is 5.26. The topological polar surface area (TPSA) is 51.7 Å². The molecule has 1 aliphatic heterocycles. The van der Waals surface area contributed by atoms with Crippen LogP contribution >= 0.6 is 22.9 Å². The molecule has 1 aliphatic rings. The lowest BCUT2D eigenvalue weighted by Gasteiger charge is -2.34. The molecule has 0 N–H and O–H groups in total. The third-order valence-corrected chi connectivity index (χ3v) is 6.88. The van der Waals surface area contributed by atoms with Crippen LogP contribution in [0.3, 0.4) is 0 Å². The number of carbonyl (C=O) groups is 1. The van der Waals surface area contributed by atoms with Gasteiger partial charge in [-0.1, -0.05) is 29.8 Å². The molecule has 1 saturated heterocycles. The van der Waals surface area contributed by atoms with E-state index in [0.717, 1.165) is 57.8 Å². The van der Waals surface area contributed by atoms with Crippen molar-refractivity contribution in [2.75, 3.05) is 25.1 Å². The molecule has 1 atom stereocenters. The lowest BCUT2D eigenvalue weighted by molar-refractivity contribution is 0.0327. The minimum absolute atomic E-state index is 0.135. The van der Waals surface area contributed by atoms with Crippen molar-refractivity contribution in [3.8, 4) is 10.6 Å². The molecular weight excluding hydrogens is 432 g/mol. The number of nitrogens with zero attached hydrogens (tertiary/aromatic N) is 2. The number of aryl methyl sites for hydroxylation is 1. The number of hydrogen-bond donors (Lipinski definition) is 0. The normalized spacial score (nSPS) is 16.4. The first-order valence-corrected chi connectivity index (χ1v) is 11.5. The van der Waals surface area contributed by atoms with Crippen molar-refractivity contribution < 1.29 is 14.3 Å². The van der Waals surface area contributed by atoms with Crippen molar-refractivity contribution in [1.29, 1.82) is 0 Å². The first-order chi connectivity index (χ1) is 15.0. The molecule has 31 heavy (non-hydrogen) atoms. The van der Waals surface area contributed by atoms with Gasteiger partial charge in [0.25, 0.3) is 0 Å². The number of aromatic nitrogens is 1. The number of thiazole rings is 1. The Labute approximate surface area is 191 Å². The van der Waals surface area contributed by atoms with E-state index in [9.17, 15) is 4.79 Å². The number of halogens is 1. The zero-order valence-corrected chi connectivity index (χ0v) is 19.2. The smallest absolute Gasteiger partial charge is 0.337 e. The highest BCUT2D eigenvalue weighted by atomic mass is 35.5. The van der Waals surface area contributed by atoms with Gasteiger partial charge < -0.3 is 14.4 Å². The second kappa shape index (κ2) is 9.81. The summed E-state index contributed by atoms with van der Waals surface area (Å²) < 4.78 is 11.1. The Hall–Kier alpha value is -2.41. The van der Waals surface area contributed by atoms with Crippen molar-refractivity contribution >= 4 is 34.6 Å². The summed E-state index contributed by atoms with van der Waals surface area (Å²) >= 11 is 7.66. The van der Waals surface area contributed by atoms with Crippen LogP contribution in [-0.4, -0.2) is 37.3 Å². The Morgan fingerprint density at radius 3 is 2.84 bits per heavy atom. The molecule has 2 aromatic carbocycles. The molecule has 162 valence electrons. The summed E-state index contributed by atoms with van der Waals surface area (Å²) in [5.41, 5.74) is 3.67. The van der Waals surface area contributed by atoms with Gasteiger partial charge in [-0.05, 0) is 50.1 Å². The zero-order valence-electron chi connectivity index (χ0n) is 17.6. The summed E-state index contributed by atoms with van der Waals surface area (Å²) in [4.78, 5) is 20.0. The first kappa shape index (κ1) is 21.8. The Morgan fingerprint density at radius 1 is 1.26 bits per heavy atom. The molecule has 7 heteroatoms.